The zero-order valence-corrected chi connectivity index (χ0v) is 10.8. The molecule has 0 saturated carbocycles. The quantitative estimate of drug-likeness (QED) is 0.852. The smallest absolute Gasteiger partial charge is 0.243 e. The first-order valence-electron chi connectivity index (χ1n) is 5.74. The second-order valence-electron chi connectivity index (χ2n) is 4.35. The molecule has 1 aliphatic heterocycles. The third-order valence-electron chi connectivity index (χ3n) is 3.16. The fourth-order valence-corrected chi connectivity index (χ4v) is 3.91. The molecule has 1 unspecified atom stereocenters. The Labute approximate surface area is 109 Å². The average molecular weight is 294 g/mol. The van der Waals surface area contributed by atoms with Gasteiger partial charge in [-0.25, -0.2) is 21.6 Å². The van der Waals surface area contributed by atoms with Crippen LogP contribution < -0.4 is 5.73 Å². The van der Waals surface area contributed by atoms with E-state index in [9.17, 15) is 21.6 Å². The van der Waals surface area contributed by atoms with Gasteiger partial charge in [0.15, 0.2) is 17.5 Å². The van der Waals surface area contributed by atoms with E-state index in [0.29, 0.717) is 25.0 Å². The Bertz CT molecular complexity index is 569. The Balaban J connectivity index is 2.45. The first kappa shape index (κ1) is 14.3. The van der Waals surface area contributed by atoms with Crippen LogP contribution in [-0.4, -0.2) is 31.9 Å². The lowest BCUT2D eigenvalue weighted by Gasteiger charge is -2.22. The predicted octanol–water partition coefficient (Wildman–Crippen LogP) is 1.22. The van der Waals surface area contributed by atoms with Crippen LogP contribution >= 0.6 is 0 Å². The summed E-state index contributed by atoms with van der Waals surface area (Å²) >= 11 is 0. The molecule has 1 aliphatic rings. The summed E-state index contributed by atoms with van der Waals surface area (Å²) in [7, 11) is -4.06. The first-order chi connectivity index (χ1) is 8.87. The van der Waals surface area contributed by atoms with Crippen LogP contribution in [0, 0.1) is 17.5 Å². The minimum atomic E-state index is -4.06. The molecule has 19 heavy (non-hydrogen) atoms. The summed E-state index contributed by atoms with van der Waals surface area (Å²) in [5, 5.41) is 0. The van der Waals surface area contributed by atoms with E-state index in [1.165, 1.54) is 0 Å². The van der Waals surface area contributed by atoms with Gasteiger partial charge in [-0.3, -0.25) is 0 Å². The molecule has 1 saturated heterocycles. The van der Waals surface area contributed by atoms with Crippen molar-refractivity contribution in [1.29, 1.82) is 0 Å². The van der Waals surface area contributed by atoms with Crippen LogP contribution in [0.25, 0.3) is 0 Å². The van der Waals surface area contributed by atoms with Crippen molar-refractivity contribution in [3.63, 3.8) is 0 Å². The Morgan fingerprint density at radius 3 is 2.37 bits per heavy atom. The van der Waals surface area contributed by atoms with Crippen LogP contribution in [0.15, 0.2) is 17.0 Å². The zero-order chi connectivity index (χ0) is 14.2. The molecule has 0 radical (unpaired) electrons. The molecule has 0 bridgehead atoms. The summed E-state index contributed by atoms with van der Waals surface area (Å²) in [6, 6.07) is 0.584. The molecule has 1 aromatic carbocycles. The second-order valence-corrected chi connectivity index (χ2v) is 6.24. The van der Waals surface area contributed by atoms with Gasteiger partial charge in [-0.05, 0) is 25.0 Å². The first-order valence-corrected chi connectivity index (χ1v) is 7.18. The molecule has 106 valence electrons. The van der Waals surface area contributed by atoms with Crippen molar-refractivity contribution in [2.75, 3.05) is 13.1 Å². The van der Waals surface area contributed by atoms with Crippen LogP contribution in [0.3, 0.4) is 0 Å². The van der Waals surface area contributed by atoms with Crippen LogP contribution in [0.1, 0.15) is 12.8 Å². The topological polar surface area (TPSA) is 63.4 Å². The maximum atomic E-state index is 13.1. The van der Waals surface area contributed by atoms with Crippen molar-refractivity contribution >= 4 is 10.0 Å². The number of sulfonamides is 1. The van der Waals surface area contributed by atoms with Crippen molar-refractivity contribution < 1.29 is 21.6 Å². The van der Waals surface area contributed by atoms with E-state index in [-0.39, 0.29) is 19.1 Å². The van der Waals surface area contributed by atoms with Gasteiger partial charge < -0.3 is 5.73 Å². The minimum absolute atomic E-state index is 0.130. The Hall–Kier alpha value is -1.12. The number of halogens is 3. The average Bonchev–Trinajstić information content (AvgIpc) is 2.84. The number of rotatable bonds is 3. The van der Waals surface area contributed by atoms with Crippen LogP contribution in [-0.2, 0) is 10.0 Å². The maximum absolute atomic E-state index is 13.1. The van der Waals surface area contributed by atoms with Gasteiger partial charge in [0.1, 0.15) is 0 Å². The Kier molecular flexibility index (Phi) is 3.84. The van der Waals surface area contributed by atoms with Crippen molar-refractivity contribution in [2.45, 2.75) is 23.8 Å². The van der Waals surface area contributed by atoms with Crippen molar-refractivity contribution in [1.82, 2.24) is 4.31 Å². The highest BCUT2D eigenvalue weighted by atomic mass is 32.2. The summed E-state index contributed by atoms with van der Waals surface area (Å²) < 4.78 is 64.6. The Morgan fingerprint density at radius 2 is 1.84 bits per heavy atom. The molecular formula is C11H13F3N2O2S. The molecule has 1 fully saturated rings. The molecule has 0 aliphatic carbocycles. The number of nitrogens with two attached hydrogens (primary N) is 1. The van der Waals surface area contributed by atoms with Crippen LogP contribution in [0.5, 0.6) is 0 Å². The summed E-state index contributed by atoms with van der Waals surface area (Å²) in [6.07, 6.45) is 1.23. The molecule has 2 N–H and O–H groups in total. The third kappa shape index (κ3) is 2.47. The normalized spacial score (nSPS) is 20.9. The van der Waals surface area contributed by atoms with Gasteiger partial charge in [0.2, 0.25) is 10.0 Å². The number of hydrogen-bond acceptors (Lipinski definition) is 3. The summed E-state index contributed by atoms with van der Waals surface area (Å²) in [6.45, 7) is 0.371. The molecule has 0 amide bonds. The van der Waals surface area contributed by atoms with E-state index in [4.69, 9.17) is 5.73 Å². The zero-order valence-electron chi connectivity index (χ0n) is 9.94. The van der Waals surface area contributed by atoms with Gasteiger partial charge >= 0.3 is 0 Å². The summed E-state index contributed by atoms with van der Waals surface area (Å²) in [4.78, 5) is -0.593. The molecule has 0 spiro atoms. The van der Waals surface area contributed by atoms with Gasteiger partial charge in [0, 0.05) is 19.1 Å². The number of benzene rings is 1. The standard InChI is InChI=1S/C11H13F3N2O2S/c12-9-4-8(5-10(13)11(9)14)19(17,18)16-3-1-2-7(16)6-15/h4-5,7H,1-3,6,15H2. The van der Waals surface area contributed by atoms with E-state index in [0.717, 1.165) is 4.31 Å². The van der Waals surface area contributed by atoms with Crippen LogP contribution in [0.2, 0.25) is 0 Å². The molecule has 1 aromatic rings. The van der Waals surface area contributed by atoms with Crippen molar-refractivity contribution in [2.24, 2.45) is 5.73 Å². The summed E-state index contributed by atoms with van der Waals surface area (Å²) in [5.41, 5.74) is 5.47. The van der Waals surface area contributed by atoms with E-state index < -0.39 is 32.4 Å². The van der Waals surface area contributed by atoms with E-state index in [1.54, 1.807) is 0 Å². The maximum Gasteiger partial charge on any atom is 0.243 e. The number of hydrogen-bond donors (Lipinski definition) is 1. The highest BCUT2D eigenvalue weighted by Gasteiger charge is 2.35. The largest absolute Gasteiger partial charge is 0.329 e. The Morgan fingerprint density at radius 1 is 1.26 bits per heavy atom. The van der Waals surface area contributed by atoms with Crippen molar-refractivity contribution in [3.05, 3.63) is 29.6 Å². The fourth-order valence-electron chi connectivity index (χ4n) is 2.18. The molecule has 8 heteroatoms. The molecule has 1 atom stereocenters. The third-order valence-corrected chi connectivity index (χ3v) is 5.09. The predicted molar refractivity (Wildman–Crippen MR) is 62.3 cm³/mol. The molecular weight excluding hydrogens is 281 g/mol. The monoisotopic (exact) mass is 294 g/mol. The SMILES string of the molecule is NCC1CCCN1S(=O)(=O)c1cc(F)c(F)c(F)c1. The highest BCUT2D eigenvalue weighted by molar-refractivity contribution is 7.89. The van der Waals surface area contributed by atoms with Gasteiger partial charge in [0.05, 0.1) is 4.90 Å². The molecule has 1 heterocycles. The molecule has 2 rings (SSSR count). The van der Waals surface area contributed by atoms with Gasteiger partial charge in [-0.15, -0.1) is 0 Å². The molecule has 4 nitrogen and oxygen atoms in total. The minimum Gasteiger partial charge on any atom is -0.329 e. The lowest BCUT2D eigenvalue weighted by atomic mass is 10.2. The van der Waals surface area contributed by atoms with Gasteiger partial charge in [0.25, 0.3) is 0 Å². The van der Waals surface area contributed by atoms with E-state index in [1.807, 2.05) is 0 Å². The summed E-state index contributed by atoms with van der Waals surface area (Å²) in [5.74, 6) is -4.74. The van der Waals surface area contributed by atoms with Gasteiger partial charge in [-0.1, -0.05) is 0 Å². The second kappa shape index (κ2) is 5.10. The lowest BCUT2D eigenvalue weighted by molar-refractivity contribution is 0.390. The van der Waals surface area contributed by atoms with Gasteiger partial charge in [-0.2, -0.15) is 4.31 Å². The van der Waals surface area contributed by atoms with E-state index in [2.05, 4.69) is 0 Å². The fraction of sp³-hybridized carbons (Fsp3) is 0.455. The number of nitrogens with zero attached hydrogens (tertiary/aromatic N) is 1. The highest BCUT2D eigenvalue weighted by Crippen LogP contribution is 2.27. The van der Waals surface area contributed by atoms with Crippen molar-refractivity contribution in [3.8, 4) is 0 Å². The lowest BCUT2D eigenvalue weighted by Crippen LogP contribution is -2.39. The van der Waals surface area contributed by atoms with E-state index >= 15 is 0 Å². The molecule has 0 aromatic heterocycles. The van der Waals surface area contributed by atoms with Crippen LogP contribution in [0.4, 0.5) is 13.2 Å².